The van der Waals surface area contributed by atoms with Crippen molar-refractivity contribution in [1.29, 1.82) is 0 Å². The monoisotopic (exact) mass is 317 g/mol. The molecule has 1 heterocycles. The third-order valence-electron chi connectivity index (χ3n) is 3.29. The maximum absolute atomic E-state index is 5.52. The highest BCUT2D eigenvalue weighted by Gasteiger charge is 2.04. The summed E-state index contributed by atoms with van der Waals surface area (Å²) < 4.78 is 5.52. The van der Waals surface area contributed by atoms with Crippen LogP contribution in [-0.4, -0.2) is 19.6 Å². The summed E-state index contributed by atoms with van der Waals surface area (Å²) >= 11 is 1.70. The van der Waals surface area contributed by atoms with E-state index in [1.54, 1.807) is 18.4 Å². The Bertz CT molecular complexity index is 581. The van der Waals surface area contributed by atoms with E-state index in [1.807, 2.05) is 19.1 Å². The third-order valence-corrected chi connectivity index (χ3v) is 4.02. The molecule has 0 saturated carbocycles. The highest BCUT2D eigenvalue weighted by atomic mass is 32.1. The van der Waals surface area contributed by atoms with Gasteiger partial charge in [0.2, 0.25) is 0 Å². The molecule has 0 amide bonds. The van der Waals surface area contributed by atoms with Gasteiger partial charge in [-0.2, -0.15) is 11.3 Å². The number of nitrogens with zero attached hydrogens (tertiary/aromatic N) is 1. The number of hydrogen-bond donors (Lipinski definition) is 2. The Morgan fingerprint density at radius 2 is 1.91 bits per heavy atom. The van der Waals surface area contributed by atoms with Gasteiger partial charge in [-0.3, -0.25) is 4.99 Å². The van der Waals surface area contributed by atoms with Crippen LogP contribution in [0.15, 0.2) is 46.1 Å². The lowest BCUT2D eigenvalue weighted by Gasteiger charge is -2.14. The molecule has 118 valence electrons. The number of ether oxygens (including phenoxy) is 1. The Morgan fingerprint density at radius 3 is 2.59 bits per heavy atom. The van der Waals surface area contributed by atoms with E-state index in [9.17, 15) is 0 Å². The summed E-state index contributed by atoms with van der Waals surface area (Å²) in [7, 11) is 1.79. The van der Waals surface area contributed by atoms with Crippen LogP contribution in [0.1, 0.15) is 23.6 Å². The van der Waals surface area contributed by atoms with E-state index in [0.29, 0.717) is 6.61 Å². The lowest BCUT2D eigenvalue weighted by molar-refractivity contribution is 0.133. The quantitative estimate of drug-likeness (QED) is 0.609. The normalized spacial score (nSPS) is 11.5. The average Bonchev–Trinajstić information content (AvgIpc) is 3.07. The summed E-state index contributed by atoms with van der Waals surface area (Å²) in [5.74, 6) is 0.803. The Labute approximate surface area is 136 Å². The van der Waals surface area contributed by atoms with Gasteiger partial charge in [0.25, 0.3) is 0 Å². The molecule has 0 bridgehead atoms. The van der Waals surface area contributed by atoms with E-state index in [0.717, 1.165) is 25.7 Å². The standard InChI is InChI=1S/C17H23N3OS/c1-3-21-12-16-7-5-4-6-15(16)11-20-17(18-2)19-10-14-8-9-22-13-14/h4-9,13H,3,10-12H2,1-2H3,(H2,18,19,20). The van der Waals surface area contributed by atoms with Crippen LogP contribution in [0.2, 0.25) is 0 Å². The zero-order valence-corrected chi connectivity index (χ0v) is 14.0. The number of aliphatic imine (C=N–C) groups is 1. The fourth-order valence-electron chi connectivity index (χ4n) is 2.06. The fourth-order valence-corrected chi connectivity index (χ4v) is 2.73. The van der Waals surface area contributed by atoms with Gasteiger partial charge in [-0.05, 0) is 40.4 Å². The predicted molar refractivity (Wildman–Crippen MR) is 93.1 cm³/mol. The highest BCUT2D eigenvalue weighted by molar-refractivity contribution is 7.07. The van der Waals surface area contributed by atoms with Gasteiger partial charge in [-0.25, -0.2) is 0 Å². The first-order valence-corrected chi connectivity index (χ1v) is 8.38. The van der Waals surface area contributed by atoms with Crippen LogP contribution in [0, 0.1) is 0 Å². The summed E-state index contributed by atoms with van der Waals surface area (Å²) in [5.41, 5.74) is 3.71. The first-order chi connectivity index (χ1) is 10.8. The van der Waals surface area contributed by atoms with Crippen LogP contribution in [0.4, 0.5) is 0 Å². The Hall–Kier alpha value is -1.85. The van der Waals surface area contributed by atoms with E-state index >= 15 is 0 Å². The third kappa shape index (κ3) is 5.16. The van der Waals surface area contributed by atoms with Crippen LogP contribution in [0.25, 0.3) is 0 Å². The van der Waals surface area contributed by atoms with Gasteiger partial charge in [-0.15, -0.1) is 0 Å². The SMILES string of the molecule is CCOCc1ccccc1CNC(=NC)NCc1ccsc1. The molecule has 0 unspecified atom stereocenters. The second kappa shape index (κ2) is 9.23. The number of hydrogen-bond acceptors (Lipinski definition) is 3. The minimum Gasteiger partial charge on any atom is -0.377 e. The first-order valence-electron chi connectivity index (χ1n) is 7.43. The van der Waals surface area contributed by atoms with Crippen molar-refractivity contribution in [3.05, 3.63) is 57.8 Å². The lowest BCUT2D eigenvalue weighted by atomic mass is 10.1. The van der Waals surface area contributed by atoms with Gasteiger partial charge in [0.1, 0.15) is 0 Å². The van der Waals surface area contributed by atoms with Gasteiger partial charge in [-0.1, -0.05) is 24.3 Å². The van der Waals surface area contributed by atoms with Gasteiger partial charge in [0.15, 0.2) is 5.96 Å². The lowest BCUT2D eigenvalue weighted by Crippen LogP contribution is -2.36. The maximum Gasteiger partial charge on any atom is 0.191 e. The van der Waals surface area contributed by atoms with Crippen LogP contribution in [0.5, 0.6) is 0 Å². The number of thiophene rings is 1. The number of nitrogens with one attached hydrogen (secondary N) is 2. The van der Waals surface area contributed by atoms with Crippen molar-refractivity contribution in [1.82, 2.24) is 10.6 Å². The predicted octanol–water partition coefficient (Wildman–Crippen LogP) is 3.15. The second-order valence-electron chi connectivity index (χ2n) is 4.82. The Morgan fingerprint density at radius 1 is 1.14 bits per heavy atom. The number of guanidine groups is 1. The molecule has 1 aromatic carbocycles. The summed E-state index contributed by atoms with van der Waals surface area (Å²) in [6.45, 7) is 4.90. The van der Waals surface area contributed by atoms with Crippen molar-refractivity contribution < 1.29 is 4.74 Å². The van der Waals surface area contributed by atoms with Crippen molar-refractivity contribution in [3.63, 3.8) is 0 Å². The number of rotatable bonds is 7. The summed E-state index contributed by atoms with van der Waals surface area (Å²) in [5, 5.41) is 10.9. The molecule has 2 N–H and O–H groups in total. The molecule has 1 aromatic heterocycles. The summed E-state index contributed by atoms with van der Waals surface area (Å²) in [6, 6.07) is 10.4. The zero-order valence-electron chi connectivity index (χ0n) is 13.1. The van der Waals surface area contributed by atoms with Gasteiger partial charge >= 0.3 is 0 Å². The van der Waals surface area contributed by atoms with Crippen LogP contribution < -0.4 is 10.6 Å². The van der Waals surface area contributed by atoms with Crippen molar-refractivity contribution in [2.24, 2.45) is 4.99 Å². The molecule has 0 saturated heterocycles. The van der Waals surface area contributed by atoms with Crippen LogP contribution >= 0.6 is 11.3 Å². The number of benzene rings is 1. The van der Waals surface area contributed by atoms with E-state index in [-0.39, 0.29) is 0 Å². The summed E-state index contributed by atoms with van der Waals surface area (Å²) in [6.07, 6.45) is 0. The molecular formula is C17H23N3OS. The van der Waals surface area contributed by atoms with Gasteiger partial charge in [0, 0.05) is 26.7 Å². The molecule has 0 aliphatic carbocycles. The molecule has 22 heavy (non-hydrogen) atoms. The van der Waals surface area contributed by atoms with Gasteiger partial charge in [0.05, 0.1) is 6.61 Å². The Balaban J connectivity index is 1.87. The maximum atomic E-state index is 5.52. The van der Waals surface area contributed by atoms with Crippen molar-refractivity contribution in [2.75, 3.05) is 13.7 Å². The average molecular weight is 317 g/mol. The largest absolute Gasteiger partial charge is 0.377 e. The molecule has 5 heteroatoms. The van der Waals surface area contributed by atoms with E-state index in [4.69, 9.17) is 4.74 Å². The zero-order chi connectivity index (χ0) is 15.6. The molecule has 0 aliphatic rings. The Kier molecular flexibility index (Phi) is 6.93. The van der Waals surface area contributed by atoms with Gasteiger partial charge < -0.3 is 15.4 Å². The molecule has 0 atom stereocenters. The molecular weight excluding hydrogens is 294 g/mol. The first kappa shape index (κ1) is 16.5. The second-order valence-corrected chi connectivity index (χ2v) is 5.60. The van der Waals surface area contributed by atoms with E-state index in [1.165, 1.54) is 16.7 Å². The molecule has 0 aliphatic heterocycles. The van der Waals surface area contributed by atoms with Crippen LogP contribution in [0.3, 0.4) is 0 Å². The molecule has 2 rings (SSSR count). The van der Waals surface area contributed by atoms with Crippen molar-refractivity contribution in [3.8, 4) is 0 Å². The molecule has 0 radical (unpaired) electrons. The molecule has 0 fully saturated rings. The topological polar surface area (TPSA) is 45.6 Å². The summed E-state index contributed by atoms with van der Waals surface area (Å²) in [4.78, 5) is 4.26. The van der Waals surface area contributed by atoms with Crippen molar-refractivity contribution >= 4 is 17.3 Å². The molecule has 0 spiro atoms. The minimum absolute atomic E-state index is 0.648. The van der Waals surface area contributed by atoms with E-state index < -0.39 is 0 Å². The van der Waals surface area contributed by atoms with Crippen molar-refractivity contribution in [2.45, 2.75) is 26.6 Å². The van der Waals surface area contributed by atoms with E-state index in [2.05, 4.69) is 44.6 Å². The molecule has 2 aromatic rings. The smallest absolute Gasteiger partial charge is 0.191 e. The highest BCUT2D eigenvalue weighted by Crippen LogP contribution is 2.10. The van der Waals surface area contributed by atoms with Crippen LogP contribution in [-0.2, 0) is 24.4 Å². The fraction of sp³-hybridized carbons (Fsp3) is 0.353. The minimum atomic E-state index is 0.648. The molecule has 4 nitrogen and oxygen atoms in total.